The van der Waals surface area contributed by atoms with Crippen molar-refractivity contribution in [2.75, 3.05) is 0 Å². The average molecular weight is 200 g/mol. The van der Waals surface area contributed by atoms with Gasteiger partial charge in [0.1, 0.15) is 0 Å². The van der Waals surface area contributed by atoms with Crippen LogP contribution < -0.4 is 0 Å². The molecular weight excluding hydrogens is 180 g/mol. The average Bonchev–Trinajstić information content (AvgIpc) is 2.80. The summed E-state index contributed by atoms with van der Waals surface area (Å²) >= 11 is 0. The van der Waals surface area contributed by atoms with E-state index in [4.69, 9.17) is 0 Å². The lowest BCUT2D eigenvalue weighted by molar-refractivity contribution is 0.585. The highest BCUT2D eigenvalue weighted by Crippen LogP contribution is 2.44. The molecule has 2 unspecified atom stereocenters. The Morgan fingerprint density at radius 2 is 1.87 bits per heavy atom. The molecule has 2 atom stereocenters. The van der Waals surface area contributed by atoms with Gasteiger partial charge in [0.2, 0.25) is 0 Å². The van der Waals surface area contributed by atoms with Gasteiger partial charge in [0, 0.05) is 0 Å². The van der Waals surface area contributed by atoms with Crippen LogP contribution in [-0.2, 0) is 0 Å². The molecule has 3 rings (SSSR count). The molecule has 0 bridgehead atoms. The topological polar surface area (TPSA) is 0 Å². The first-order chi connectivity index (χ1) is 7.45. The highest BCUT2D eigenvalue weighted by atomic mass is 14.3. The molecule has 0 radical (unpaired) electrons. The van der Waals surface area contributed by atoms with E-state index in [9.17, 15) is 0 Å². The first-order valence-electron chi connectivity index (χ1n) is 6.22. The van der Waals surface area contributed by atoms with E-state index in [0.717, 1.165) is 11.8 Å². The maximum atomic E-state index is 2.42. The number of benzene rings is 1. The van der Waals surface area contributed by atoms with Gasteiger partial charge >= 0.3 is 0 Å². The summed E-state index contributed by atoms with van der Waals surface area (Å²) < 4.78 is 0. The number of fused-ring (bicyclic) bond motifs is 3. The third-order valence-corrected chi connectivity index (χ3v) is 3.49. The molecule has 2 aliphatic carbocycles. The first kappa shape index (κ1) is 10.5. The summed E-state index contributed by atoms with van der Waals surface area (Å²) in [6.07, 6.45) is 8.93. The molecule has 0 heterocycles. The molecule has 1 aromatic rings. The van der Waals surface area contributed by atoms with Crippen molar-refractivity contribution in [3.05, 3.63) is 41.5 Å². The largest absolute Gasteiger partial charge is 0.0802 e. The van der Waals surface area contributed by atoms with Crippen LogP contribution in [0.2, 0.25) is 0 Å². The molecule has 0 amide bonds. The smallest absolute Gasteiger partial charge is 0.00930 e. The summed E-state index contributed by atoms with van der Waals surface area (Å²) in [4.78, 5) is 0. The van der Waals surface area contributed by atoms with Crippen molar-refractivity contribution < 1.29 is 0 Å². The van der Waals surface area contributed by atoms with Gasteiger partial charge in [-0.3, -0.25) is 0 Å². The quantitative estimate of drug-likeness (QED) is 0.573. The van der Waals surface area contributed by atoms with E-state index < -0.39 is 0 Å². The maximum Gasteiger partial charge on any atom is -0.00930 e. The monoisotopic (exact) mass is 200 g/mol. The summed E-state index contributed by atoms with van der Waals surface area (Å²) in [6.45, 7) is 4.00. The second-order valence-electron chi connectivity index (χ2n) is 4.19. The number of allylic oxidation sites excluding steroid dienone is 1. The molecule has 15 heavy (non-hydrogen) atoms. The second-order valence-corrected chi connectivity index (χ2v) is 4.19. The van der Waals surface area contributed by atoms with Gasteiger partial charge < -0.3 is 0 Å². The Kier molecular flexibility index (Phi) is 3.25. The van der Waals surface area contributed by atoms with E-state index >= 15 is 0 Å². The van der Waals surface area contributed by atoms with Crippen molar-refractivity contribution in [1.29, 1.82) is 0 Å². The Morgan fingerprint density at radius 1 is 1.07 bits per heavy atom. The van der Waals surface area contributed by atoms with Crippen LogP contribution in [0.1, 0.15) is 50.2 Å². The Morgan fingerprint density at radius 3 is 2.73 bits per heavy atom. The number of hydrogen-bond donors (Lipinski definition) is 0. The van der Waals surface area contributed by atoms with Gasteiger partial charge in [-0.05, 0) is 35.8 Å². The predicted octanol–water partition coefficient (Wildman–Crippen LogP) is 4.62. The Bertz CT molecular complexity index is 349. The SMILES string of the molecule is C1=CC2CCCC2c2ccccc21.CC. The Labute approximate surface area is 93.0 Å². The molecule has 2 aliphatic rings. The fraction of sp³-hybridized carbons (Fsp3) is 0.467. The van der Waals surface area contributed by atoms with Crippen LogP contribution >= 0.6 is 0 Å². The maximum absolute atomic E-state index is 2.42. The van der Waals surface area contributed by atoms with Crippen molar-refractivity contribution in [1.82, 2.24) is 0 Å². The minimum Gasteiger partial charge on any atom is -0.0802 e. The number of rotatable bonds is 0. The zero-order chi connectivity index (χ0) is 10.7. The third kappa shape index (κ3) is 1.86. The van der Waals surface area contributed by atoms with Crippen LogP contribution in [-0.4, -0.2) is 0 Å². The van der Waals surface area contributed by atoms with E-state index in [1.807, 2.05) is 13.8 Å². The molecule has 1 fully saturated rings. The van der Waals surface area contributed by atoms with Gasteiger partial charge in [-0.15, -0.1) is 0 Å². The summed E-state index contributed by atoms with van der Waals surface area (Å²) in [5.74, 6) is 1.68. The highest BCUT2D eigenvalue weighted by Gasteiger charge is 2.29. The second kappa shape index (κ2) is 4.65. The lowest BCUT2D eigenvalue weighted by Crippen LogP contribution is -2.08. The predicted molar refractivity (Wildman–Crippen MR) is 66.9 cm³/mol. The van der Waals surface area contributed by atoms with Crippen LogP contribution in [0.5, 0.6) is 0 Å². The van der Waals surface area contributed by atoms with Crippen LogP contribution in [0.25, 0.3) is 6.08 Å². The molecule has 80 valence electrons. The molecule has 1 saturated carbocycles. The van der Waals surface area contributed by atoms with Gasteiger partial charge in [0.15, 0.2) is 0 Å². The summed E-state index contributed by atoms with van der Waals surface area (Å²) in [7, 11) is 0. The Hall–Kier alpha value is -1.04. The molecular formula is C15H20. The zero-order valence-electron chi connectivity index (χ0n) is 9.74. The molecule has 0 N–H and O–H groups in total. The van der Waals surface area contributed by atoms with E-state index in [1.165, 1.54) is 24.8 Å². The number of hydrogen-bond acceptors (Lipinski definition) is 0. The molecule has 0 spiro atoms. The molecule has 0 nitrogen and oxygen atoms in total. The fourth-order valence-electron chi connectivity index (χ4n) is 2.83. The van der Waals surface area contributed by atoms with Gasteiger partial charge in [0.05, 0.1) is 0 Å². The molecule has 0 aromatic heterocycles. The van der Waals surface area contributed by atoms with Crippen molar-refractivity contribution in [2.45, 2.75) is 39.0 Å². The normalized spacial score (nSPS) is 26.3. The zero-order valence-corrected chi connectivity index (χ0v) is 9.74. The van der Waals surface area contributed by atoms with Gasteiger partial charge in [0.25, 0.3) is 0 Å². The van der Waals surface area contributed by atoms with Crippen LogP contribution in [0.15, 0.2) is 30.3 Å². The molecule has 0 heteroatoms. The standard InChI is InChI=1S/C13H14.C2H6/c1-2-6-12-10(4-1)8-9-11-5-3-7-13(11)12;1-2/h1-2,4,6,8-9,11,13H,3,5,7H2;1-2H3. The van der Waals surface area contributed by atoms with E-state index in [0.29, 0.717) is 0 Å². The third-order valence-electron chi connectivity index (χ3n) is 3.49. The first-order valence-corrected chi connectivity index (χ1v) is 6.22. The van der Waals surface area contributed by atoms with Crippen LogP contribution in [0, 0.1) is 5.92 Å². The van der Waals surface area contributed by atoms with Crippen molar-refractivity contribution in [2.24, 2.45) is 5.92 Å². The highest BCUT2D eigenvalue weighted by molar-refractivity contribution is 5.58. The summed E-state index contributed by atoms with van der Waals surface area (Å²) in [5.41, 5.74) is 3.04. The lowest BCUT2D eigenvalue weighted by atomic mass is 9.82. The minimum atomic E-state index is 0.834. The van der Waals surface area contributed by atoms with E-state index in [1.54, 1.807) is 5.56 Å². The van der Waals surface area contributed by atoms with Crippen LogP contribution in [0.4, 0.5) is 0 Å². The van der Waals surface area contributed by atoms with Gasteiger partial charge in [-0.1, -0.05) is 56.7 Å². The van der Waals surface area contributed by atoms with Crippen molar-refractivity contribution >= 4 is 6.08 Å². The van der Waals surface area contributed by atoms with Crippen LogP contribution in [0.3, 0.4) is 0 Å². The van der Waals surface area contributed by atoms with Crippen molar-refractivity contribution in [3.8, 4) is 0 Å². The van der Waals surface area contributed by atoms with E-state index in [-0.39, 0.29) is 0 Å². The summed E-state index contributed by atoms with van der Waals surface area (Å²) in [6, 6.07) is 8.86. The fourth-order valence-corrected chi connectivity index (χ4v) is 2.83. The van der Waals surface area contributed by atoms with E-state index in [2.05, 4.69) is 36.4 Å². The van der Waals surface area contributed by atoms with Gasteiger partial charge in [-0.25, -0.2) is 0 Å². The summed E-state index contributed by atoms with van der Waals surface area (Å²) in [5, 5.41) is 0. The molecule has 0 aliphatic heterocycles. The Balaban J connectivity index is 0.000000404. The molecule has 1 aromatic carbocycles. The van der Waals surface area contributed by atoms with Gasteiger partial charge in [-0.2, -0.15) is 0 Å². The lowest BCUT2D eigenvalue weighted by Gasteiger charge is -2.23. The minimum absolute atomic E-state index is 0.834. The van der Waals surface area contributed by atoms with Crippen molar-refractivity contribution in [3.63, 3.8) is 0 Å². The molecule has 0 saturated heterocycles.